The molecular weight excluding hydrogens is 366 g/mol. The molecule has 27 heavy (non-hydrogen) atoms. The van der Waals surface area contributed by atoms with E-state index in [0.29, 0.717) is 23.9 Å². The van der Waals surface area contributed by atoms with Gasteiger partial charge >= 0.3 is 6.18 Å². The van der Waals surface area contributed by atoms with Crippen molar-refractivity contribution in [2.75, 3.05) is 5.32 Å². The highest BCUT2D eigenvalue weighted by Gasteiger charge is 2.31. The molecule has 2 amide bonds. The van der Waals surface area contributed by atoms with Gasteiger partial charge in [-0.2, -0.15) is 13.2 Å². The van der Waals surface area contributed by atoms with Gasteiger partial charge in [0.1, 0.15) is 11.6 Å². The van der Waals surface area contributed by atoms with Crippen LogP contribution in [0.25, 0.3) is 0 Å². The number of alkyl halides is 3. The zero-order chi connectivity index (χ0) is 20.4. The molecule has 2 aromatic rings. The third-order valence-corrected chi connectivity index (χ3v) is 3.66. The fourth-order valence-electron chi connectivity index (χ4n) is 2.45. The van der Waals surface area contributed by atoms with Gasteiger partial charge in [0, 0.05) is 23.7 Å². The third-order valence-electron chi connectivity index (χ3n) is 3.66. The first-order valence-corrected chi connectivity index (χ1v) is 7.91. The molecule has 144 valence electrons. The lowest BCUT2D eigenvalue weighted by Gasteiger charge is -2.17. The van der Waals surface area contributed by atoms with E-state index in [9.17, 15) is 27.2 Å². The van der Waals surface area contributed by atoms with Crippen molar-refractivity contribution in [1.29, 1.82) is 0 Å². The Morgan fingerprint density at radius 1 is 1.15 bits per heavy atom. The molecule has 5 nitrogen and oxygen atoms in total. The number of anilines is 1. The van der Waals surface area contributed by atoms with Crippen molar-refractivity contribution in [3.05, 3.63) is 58.5 Å². The minimum Gasteiger partial charge on any atom is -0.345 e. The van der Waals surface area contributed by atoms with E-state index in [1.54, 1.807) is 6.92 Å². The molecule has 1 heterocycles. The van der Waals surface area contributed by atoms with Crippen molar-refractivity contribution in [3.63, 3.8) is 0 Å². The molecule has 2 rings (SSSR count). The summed E-state index contributed by atoms with van der Waals surface area (Å²) in [7, 11) is 0. The topological polar surface area (TPSA) is 71.1 Å². The van der Waals surface area contributed by atoms with Gasteiger partial charge in [0.15, 0.2) is 0 Å². The quantitative estimate of drug-likeness (QED) is 0.784. The Hall–Kier alpha value is -2.97. The van der Waals surface area contributed by atoms with Crippen LogP contribution >= 0.6 is 0 Å². The zero-order valence-electron chi connectivity index (χ0n) is 14.7. The molecule has 0 bridgehead atoms. The van der Waals surface area contributed by atoms with E-state index in [0.717, 1.165) is 0 Å². The molecule has 0 saturated heterocycles. The SMILES string of the molecule is CC(=O)Nc1cc(C(=O)NC(C)c2cc(C(F)(F)F)ccc2F)cc(C)n1. The normalized spacial score (nSPS) is 12.4. The first kappa shape index (κ1) is 20.3. The van der Waals surface area contributed by atoms with E-state index in [1.165, 1.54) is 26.0 Å². The summed E-state index contributed by atoms with van der Waals surface area (Å²) in [6, 6.07) is 3.76. The first-order chi connectivity index (χ1) is 12.5. The number of aryl methyl sites for hydroxylation is 1. The second-order valence-corrected chi connectivity index (χ2v) is 5.99. The number of nitrogens with one attached hydrogen (secondary N) is 2. The summed E-state index contributed by atoms with van der Waals surface area (Å²) in [5.74, 6) is -1.72. The van der Waals surface area contributed by atoms with Gasteiger partial charge in [0.2, 0.25) is 5.91 Å². The zero-order valence-corrected chi connectivity index (χ0v) is 14.7. The van der Waals surface area contributed by atoms with Crippen molar-refractivity contribution in [1.82, 2.24) is 10.3 Å². The van der Waals surface area contributed by atoms with Gasteiger partial charge in [-0.3, -0.25) is 9.59 Å². The van der Waals surface area contributed by atoms with Crippen LogP contribution in [-0.2, 0) is 11.0 Å². The lowest BCUT2D eigenvalue weighted by atomic mass is 10.0. The maximum atomic E-state index is 14.0. The van der Waals surface area contributed by atoms with Crippen LogP contribution in [0.2, 0.25) is 0 Å². The predicted octanol–water partition coefficient (Wildman–Crippen LogP) is 4.00. The number of rotatable bonds is 4. The lowest BCUT2D eigenvalue weighted by molar-refractivity contribution is -0.137. The van der Waals surface area contributed by atoms with Crippen LogP contribution in [0.4, 0.5) is 23.4 Å². The number of aromatic nitrogens is 1. The van der Waals surface area contributed by atoms with E-state index in [2.05, 4.69) is 15.6 Å². The molecule has 2 N–H and O–H groups in total. The van der Waals surface area contributed by atoms with Crippen molar-refractivity contribution in [3.8, 4) is 0 Å². The number of halogens is 4. The summed E-state index contributed by atoms with van der Waals surface area (Å²) < 4.78 is 52.5. The Morgan fingerprint density at radius 2 is 1.81 bits per heavy atom. The fourth-order valence-corrected chi connectivity index (χ4v) is 2.45. The molecule has 0 aliphatic heterocycles. The van der Waals surface area contributed by atoms with E-state index >= 15 is 0 Å². The van der Waals surface area contributed by atoms with Crippen LogP contribution in [0.1, 0.15) is 47.1 Å². The Morgan fingerprint density at radius 3 is 2.41 bits per heavy atom. The van der Waals surface area contributed by atoms with Crippen LogP contribution in [0, 0.1) is 12.7 Å². The van der Waals surface area contributed by atoms with Crippen LogP contribution in [0.5, 0.6) is 0 Å². The van der Waals surface area contributed by atoms with Gasteiger partial charge in [-0.1, -0.05) is 0 Å². The number of amides is 2. The van der Waals surface area contributed by atoms with Gasteiger partial charge in [-0.25, -0.2) is 9.37 Å². The minimum absolute atomic E-state index is 0.130. The molecule has 1 atom stereocenters. The Kier molecular flexibility index (Phi) is 5.82. The number of nitrogens with zero attached hydrogens (tertiary/aromatic N) is 1. The van der Waals surface area contributed by atoms with Crippen molar-refractivity contribution >= 4 is 17.6 Å². The maximum Gasteiger partial charge on any atom is 0.416 e. The molecule has 1 unspecified atom stereocenters. The number of carbonyl (C=O) groups excluding carboxylic acids is 2. The van der Waals surface area contributed by atoms with Crippen LogP contribution in [0.3, 0.4) is 0 Å². The van der Waals surface area contributed by atoms with Crippen LogP contribution < -0.4 is 10.6 Å². The Bertz CT molecular complexity index is 881. The molecule has 0 radical (unpaired) electrons. The van der Waals surface area contributed by atoms with Gasteiger partial charge in [-0.15, -0.1) is 0 Å². The van der Waals surface area contributed by atoms with Crippen molar-refractivity contribution < 1.29 is 27.2 Å². The molecule has 0 saturated carbocycles. The minimum atomic E-state index is -4.62. The number of hydrogen-bond donors (Lipinski definition) is 2. The summed E-state index contributed by atoms with van der Waals surface area (Å²) in [5.41, 5.74) is -0.714. The average Bonchev–Trinajstić information content (AvgIpc) is 2.52. The maximum absolute atomic E-state index is 14.0. The smallest absolute Gasteiger partial charge is 0.345 e. The van der Waals surface area contributed by atoms with Crippen molar-refractivity contribution in [2.24, 2.45) is 0 Å². The highest BCUT2D eigenvalue weighted by molar-refractivity contribution is 5.96. The summed E-state index contributed by atoms with van der Waals surface area (Å²) in [6.07, 6.45) is -4.62. The third kappa shape index (κ3) is 5.25. The van der Waals surface area contributed by atoms with E-state index in [1.807, 2.05) is 0 Å². The summed E-state index contributed by atoms with van der Waals surface area (Å²) >= 11 is 0. The van der Waals surface area contributed by atoms with Crippen LogP contribution in [0.15, 0.2) is 30.3 Å². The number of carbonyl (C=O) groups is 2. The number of pyridine rings is 1. The van der Waals surface area contributed by atoms with Crippen molar-refractivity contribution in [2.45, 2.75) is 33.0 Å². The second kappa shape index (κ2) is 7.73. The average molecular weight is 383 g/mol. The molecule has 0 fully saturated rings. The van der Waals surface area contributed by atoms with Gasteiger partial charge in [0.25, 0.3) is 5.91 Å². The molecule has 1 aromatic heterocycles. The summed E-state index contributed by atoms with van der Waals surface area (Å²) in [6.45, 7) is 4.26. The van der Waals surface area contributed by atoms with E-state index in [-0.39, 0.29) is 22.9 Å². The van der Waals surface area contributed by atoms with Crippen LogP contribution in [-0.4, -0.2) is 16.8 Å². The molecule has 9 heteroatoms. The molecule has 0 aliphatic carbocycles. The summed E-state index contributed by atoms with van der Waals surface area (Å²) in [5, 5.41) is 4.90. The predicted molar refractivity (Wildman–Crippen MR) is 90.6 cm³/mol. The molecule has 1 aromatic carbocycles. The standard InChI is InChI=1S/C18H17F4N3O2/c1-9-6-12(7-16(23-9)25-11(3)26)17(27)24-10(2)14-8-13(18(20,21)22)4-5-15(14)19/h4-8,10H,1-3H3,(H,24,27)(H,23,25,26). The molecule has 0 aliphatic rings. The molecular formula is C18H17F4N3O2. The van der Waals surface area contributed by atoms with Gasteiger partial charge < -0.3 is 10.6 Å². The Balaban J connectivity index is 2.26. The van der Waals surface area contributed by atoms with Gasteiger partial charge in [0.05, 0.1) is 11.6 Å². The highest BCUT2D eigenvalue weighted by Crippen LogP contribution is 2.32. The highest BCUT2D eigenvalue weighted by atomic mass is 19.4. The largest absolute Gasteiger partial charge is 0.416 e. The number of hydrogen-bond acceptors (Lipinski definition) is 3. The van der Waals surface area contributed by atoms with E-state index in [4.69, 9.17) is 0 Å². The molecule has 0 spiro atoms. The van der Waals surface area contributed by atoms with E-state index < -0.39 is 29.5 Å². The fraction of sp³-hybridized carbons (Fsp3) is 0.278. The second-order valence-electron chi connectivity index (χ2n) is 5.99. The number of benzene rings is 1. The summed E-state index contributed by atoms with van der Waals surface area (Å²) in [4.78, 5) is 27.6. The lowest BCUT2D eigenvalue weighted by Crippen LogP contribution is -2.28. The first-order valence-electron chi connectivity index (χ1n) is 7.91. The van der Waals surface area contributed by atoms with Gasteiger partial charge in [-0.05, 0) is 44.2 Å². The monoisotopic (exact) mass is 383 g/mol. The Labute approximate surface area is 152 Å².